The summed E-state index contributed by atoms with van der Waals surface area (Å²) in [6.45, 7) is 1.76. The third kappa shape index (κ3) is 3.37. The number of methoxy groups -OCH3 is 1. The standard InChI is InChI=1S/C24H22FNO3/c1-14-21(24(28)29-2)22(17-10-6-7-11-18(17)25)23-19(26-14)12-16(13-20(23)27)15-8-4-3-5-9-15/h3-11,16,22,26H,12-13H2,1-2H3. The van der Waals surface area contributed by atoms with Crippen LogP contribution >= 0.6 is 0 Å². The van der Waals surface area contributed by atoms with E-state index in [0.29, 0.717) is 29.7 Å². The number of hydrogen-bond acceptors (Lipinski definition) is 4. The van der Waals surface area contributed by atoms with Crippen LogP contribution in [-0.2, 0) is 14.3 Å². The Labute approximate surface area is 169 Å². The van der Waals surface area contributed by atoms with Crippen LogP contribution in [0.25, 0.3) is 0 Å². The average molecular weight is 391 g/mol. The van der Waals surface area contributed by atoms with Crippen molar-refractivity contribution in [3.8, 4) is 0 Å². The molecule has 0 saturated carbocycles. The van der Waals surface area contributed by atoms with Gasteiger partial charge in [0.2, 0.25) is 0 Å². The van der Waals surface area contributed by atoms with E-state index in [4.69, 9.17) is 4.74 Å². The number of rotatable bonds is 3. The van der Waals surface area contributed by atoms with E-state index in [0.717, 1.165) is 11.3 Å². The Bertz CT molecular complexity index is 1040. The zero-order chi connectivity index (χ0) is 20.5. The zero-order valence-electron chi connectivity index (χ0n) is 16.4. The number of benzene rings is 2. The number of carbonyl (C=O) groups is 2. The molecule has 5 heteroatoms. The normalized spacial score (nSPS) is 21.6. The summed E-state index contributed by atoms with van der Waals surface area (Å²) in [5.74, 6) is -1.81. The van der Waals surface area contributed by atoms with Gasteiger partial charge in [-0.1, -0.05) is 48.5 Å². The summed E-state index contributed by atoms with van der Waals surface area (Å²) in [5, 5.41) is 3.25. The first-order valence-corrected chi connectivity index (χ1v) is 9.63. The fourth-order valence-corrected chi connectivity index (χ4v) is 4.40. The number of carbonyl (C=O) groups excluding carboxylic acids is 2. The molecule has 0 bridgehead atoms. The molecule has 2 aliphatic rings. The van der Waals surface area contributed by atoms with E-state index >= 15 is 0 Å². The molecule has 2 unspecified atom stereocenters. The van der Waals surface area contributed by atoms with Gasteiger partial charge in [0, 0.05) is 29.0 Å². The third-order valence-corrected chi connectivity index (χ3v) is 5.72. The van der Waals surface area contributed by atoms with Crippen LogP contribution in [0.5, 0.6) is 0 Å². The van der Waals surface area contributed by atoms with Crippen molar-refractivity contribution < 1.29 is 18.7 Å². The first kappa shape index (κ1) is 19.1. The van der Waals surface area contributed by atoms with Crippen LogP contribution in [0.3, 0.4) is 0 Å². The number of Topliss-reactive ketones (excluding diaryl/α,β-unsaturated/α-hetero) is 1. The van der Waals surface area contributed by atoms with E-state index < -0.39 is 17.7 Å². The van der Waals surface area contributed by atoms with Crippen molar-refractivity contribution >= 4 is 11.8 Å². The first-order chi connectivity index (χ1) is 14.0. The van der Waals surface area contributed by atoms with Gasteiger partial charge < -0.3 is 10.1 Å². The molecule has 1 aliphatic carbocycles. The molecule has 1 heterocycles. The van der Waals surface area contributed by atoms with Crippen LogP contribution in [-0.4, -0.2) is 18.9 Å². The zero-order valence-corrected chi connectivity index (χ0v) is 16.4. The van der Waals surface area contributed by atoms with Crippen LogP contribution in [0.1, 0.15) is 42.7 Å². The van der Waals surface area contributed by atoms with Gasteiger partial charge in [-0.15, -0.1) is 0 Å². The molecule has 0 spiro atoms. The van der Waals surface area contributed by atoms with Gasteiger partial charge >= 0.3 is 5.97 Å². The smallest absolute Gasteiger partial charge is 0.336 e. The van der Waals surface area contributed by atoms with Crippen molar-refractivity contribution in [2.24, 2.45) is 0 Å². The van der Waals surface area contributed by atoms with Crippen LogP contribution in [0, 0.1) is 5.82 Å². The van der Waals surface area contributed by atoms with Gasteiger partial charge in [0.15, 0.2) is 5.78 Å². The average Bonchev–Trinajstić information content (AvgIpc) is 2.73. The Balaban J connectivity index is 1.84. The summed E-state index contributed by atoms with van der Waals surface area (Å²) in [7, 11) is 1.29. The van der Waals surface area contributed by atoms with Crippen molar-refractivity contribution in [2.45, 2.75) is 31.6 Å². The summed E-state index contributed by atoms with van der Waals surface area (Å²) < 4.78 is 19.7. The predicted molar refractivity (Wildman–Crippen MR) is 107 cm³/mol. The molecule has 1 aliphatic heterocycles. The maximum atomic E-state index is 14.7. The molecule has 4 rings (SSSR count). The Morgan fingerprint density at radius 2 is 1.76 bits per heavy atom. The molecule has 1 N–H and O–H groups in total. The molecule has 0 fully saturated rings. The van der Waals surface area contributed by atoms with Crippen LogP contribution in [0.4, 0.5) is 4.39 Å². The van der Waals surface area contributed by atoms with Crippen molar-refractivity contribution in [2.75, 3.05) is 7.11 Å². The number of ether oxygens (including phenoxy) is 1. The number of esters is 1. The number of dihydropyridines is 1. The lowest BCUT2D eigenvalue weighted by atomic mass is 9.71. The molecule has 0 radical (unpaired) electrons. The number of nitrogens with one attached hydrogen (secondary N) is 1. The van der Waals surface area contributed by atoms with Crippen LogP contribution < -0.4 is 5.32 Å². The molecule has 29 heavy (non-hydrogen) atoms. The summed E-state index contributed by atoms with van der Waals surface area (Å²) in [6.07, 6.45) is 0.949. The minimum absolute atomic E-state index is 0.0451. The first-order valence-electron chi connectivity index (χ1n) is 9.63. The van der Waals surface area contributed by atoms with E-state index in [2.05, 4.69) is 5.32 Å². The van der Waals surface area contributed by atoms with Crippen LogP contribution in [0.15, 0.2) is 77.1 Å². The minimum atomic E-state index is -0.774. The largest absolute Gasteiger partial charge is 0.466 e. The summed E-state index contributed by atoms with van der Waals surface area (Å²) in [6, 6.07) is 16.2. The topological polar surface area (TPSA) is 55.4 Å². The highest BCUT2D eigenvalue weighted by atomic mass is 19.1. The Morgan fingerprint density at radius 1 is 1.07 bits per heavy atom. The quantitative estimate of drug-likeness (QED) is 0.790. The van der Waals surface area contributed by atoms with Gasteiger partial charge in [-0.25, -0.2) is 9.18 Å². The Morgan fingerprint density at radius 3 is 2.45 bits per heavy atom. The molecular weight excluding hydrogens is 369 g/mol. The highest BCUT2D eigenvalue weighted by molar-refractivity contribution is 6.04. The van der Waals surface area contributed by atoms with Crippen LogP contribution in [0.2, 0.25) is 0 Å². The van der Waals surface area contributed by atoms with Gasteiger partial charge in [-0.05, 0) is 30.9 Å². The lowest BCUT2D eigenvalue weighted by molar-refractivity contribution is -0.136. The van der Waals surface area contributed by atoms with E-state index in [9.17, 15) is 14.0 Å². The lowest BCUT2D eigenvalue weighted by Gasteiger charge is -2.36. The SMILES string of the molecule is COC(=O)C1=C(C)NC2=C(C(=O)CC(c3ccccc3)C2)C1c1ccccc1F. The van der Waals surface area contributed by atoms with Gasteiger partial charge in [-0.3, -0.25) is 4.79 Å². The minimum Gasteiger partial charge on any atom is -0.466 e. The molecule has 2 aromatic carbocycles. The number of halogens is 1. The fourth-order valence-electron chi connectivity index (χ4n) is 4.40. The van der Waals surface area contributed by atoms with Gasteiger partial charge in [0.25, 0.3) is 0 Å². The van der Waals surface area contributed by atoms with E-state index in [1.165, 1.54) is 13.2 Å². The molecule has 2 aromatic rings. The summed E-state index contributed by atoms with van der Waals surface area (Å²) in [4.78, 5) is 25.8. The monoisotopic (exact) mass is 391 g/mol. The molecule has 0 saturated heterocycles. The summed E-state index contributed by atoms with van der Waals surface area (Å²) >= 11 is 0. The number of allylic oxidation sites excluding steroid dienone is 3. The highest BCUT2D eigenvalue weighted by Gasteiger charge is 2.42. The Hall–Kier alpha value is -3.21. The molecule has 0 amide bonds. The number of hydrogen-bond donors (Lipinski definition) is 1. The number of ketones is 1. The maximum Gasteiger partial charge on any atom is 0.336 e. The van der Waals surface area contributed by atoms with E-state index in [1.807, 2.05) is 30.3 Å². The molecular formula is C24H22FNO3. The van der Waals surface area contributed by atoms with Gasteiger partial charge in [0.1, 0.15) is 5.82 Å². The second kappa shape index (κ2) is 7.66. The van der Waals surface area contributed by atoms with Crippen molar-refractivity contribution in [3.05, 3.63) is 94.1 Å². The second-order valence-electron chi connectivity index (χ2n) is 7.44. The summed E-state index contributed by atoms with van der Waals surface area (Å²) in [5.41, 5.74) is 3.50. The Kier molecular flexibility index (Phi) is 5.05. The molecule has 4 nitrogen and oxygen atoms in total. The lowest BCUT2D eigenvalue weighted by Crippen LogP contribution is -2.36. The van der Waals surface area contributed by atoms with E-state index in [1.54, 1.807) is 25.1 Å². The fraction of sp³-hybridized carbons (Fsp3) is 0.250. The molecule has 2 atom stereocenters. The molecule has 0 aromatic heterocycles. The highest BCUT2D eigenvalue weighted by Crippen LogP contribution is 2.46. The maximum absolute atomic E-state index is 14.7. The second-order valence-corrected chi connectivity index (χ2v) is 7.44. The van der Waals surface area contributed by atoms with Gasteiger partial charge in [-0.2, -0.15) is 0 Å². The third-order valence-electron chi connectivity index (χ3n) is 5.72. The van der Waals surface area contributed by atoms with Gasteiger partial charge in [0.05, 0.1) is 18.6 Å². The predicted octanol–water partition coefficient (Wildman–Crippen LogP) is 4.36. The van der Waals surface area contributed by atoms with E-state index in [-0.39, 0.29) is 17.3 Å². The van der Waals surface area contributed by atoms with Crippen molar-refractivity contribution in [1.82, 2.24) is 5.32 Å². The molecule has 148 valence electrons. The van der Waals surface area contributed by atoms with Crippen molar-refractivity contribution in [3.63, 3.8) is 0 Å². The van der Waals surface area contributed by atoms with Crippen molar-refractivity contribution in [1.29, 1.82) is 0 Å².